The zero-order valence-electron chi connectivity index (χ0n) is 25.6. The summed E-state index contributed by atoms with van der Waals surface area (Å²) >= 11 is 0. The fourth-order valence-electron chi connectivity index (χ4n) is 3.68. The Bertz CT molecular complexity index is 1690. The summed E-state index contributed by atoms with van der Waals surface area (Å²) in [5, 5.41) is 7.21. The number of ketones is 1. The molecule has 1 aliphatic heterocycles. The standard InChI is InChI=1S/C15H11F3N2O2.C7H3F3O.C6H10O.C4H6N2O/c1-8-4-14(19-22-8)20-3-2-10(21)7-13(20)15-11(17)5-9(16)6-12(15)18;8-4-1-6(9)5(3-11)7(10)2-4;1-6(2)4-5-7-3;1-3-2-4(5)6-7-3/h2-6,13H,7H2,1H3;1-3H;4-5H,1H2,2-3H3;2H,1H3,(H2,5,6)/b;;5-4+;. The molecule has 47 heavy (non-hydrogen) atoms. The van der Waals surface area contributed by atoms with Crippen molar-refractivity contribution in [1.82, 2.24) is 10.3 Å². The minimum atomic E-state index is -1.18. The Balaban J connectivity index is 0.000000254. The molecule has 250 valence electrons. The van der Waals surface area contributed by atoms with Gasteiger partial charge in [-0.25, -0.2) is 26.3 Å². The molecule has 4 aromatic rings. The highest BCUT2D eigenvalue weighted by Gasteiger charge is 2.32. The average molecular weight is 665 g/mol. The lowest BCUT2D eigenvalue weighted by atomic mass is 9.96. The largest absolute Gasteiger partial charge is 0.504 e. The van der Waals surface area contributed by atoms with Crippen molar-refractivity contribution in [3.63, 3.8) is 0 Å². The Kier molecular flexibility index (Phi) is 14.2. The summed E-state index contributed by atoms with van der Waals surface area (Å²) in [5.41, 5.74) is 5.06. The molecule has 2 N–H and O–H groups in total. The Labute approximate surface area is 265 Å². The van der Waals surface area contributed by atoms with Crippen molar-refractivity contribution < 1.29 is 49.7 Å². The van der Waals surface area contributed by atoms with Crippen LogP contribution in [0, 0.1) is 48.8 Å². The van der Waals surface area contributed by atoms with Crippen LogP contribution in [0.5, 0.6) is 0 Å². The Morgan fingerprint density at radius 1 is 0.936 bits per heavy atom. The van der Waals surface area contributed by atoms with E-state index in [2.05, 4.69) is 26.2 Å². The molecular formula is C32H30F6N4O5. The number of carbonyl (C=O) groups excluding carboxylic acids is 2. The quantitative estimate of drug-likeness (QED) is 0.0992. The number of aldehydes is 1. The van der Waals surface area contributed by atoms with Gasteiger partial charge in [0.25, 0.3) is 0 Å². The van der Waals surface area contributed by atoms with Crippen molar-refractivity contribution in [1.29, 1.82) is 0 Å². The van der Waals surface area contributed by atoms with Crippen molar-refractivity contribution in [3.05, 3.63) is 131 Å². The zero-order valence-corrected chi connectivity index (χ0v) is 25.6. The lowest BCUT2D eigenvalue weighted by Crippen LogP contribution is -2.30. The number of nitrogens with zero attached hydrogens (tertiary/aromatic N) is 3. The number of rotatable bonds is 5. The number of anilines is 2. The van der Waals surface area contributed by atoms with E-state index in [1.807, 2.05) is 6.92 Å². The van der Waals surface area contributed by atoms with Crippen molar-refractivity contribution >= 4 is 23.7 Å². The third-order valence-corrected chi connectivity index (χ3v) is 5.70. The molecule has 2 aromatic carbocycles. The van der Waals surface area contributed by atoms with Gasteiger partial charge in [0.05, 0.1) is 25.0 Å². The number of aromatic nitrogens is 2. The van der Waals surface area contributed by atoms with E-state index >= 15 is 0 Å². The van der Waals surface area contributed by atoms with Crippen LogP contribution in [0.4, 0.5) is 38.0 Å². The first-order valence-electron chi connectivity index (χ1n) is 13.4. The molecule has 0 amide bonds. The third kappa shape index (κ3) is 11.7. The van der Waals surface area contributed by atoms with E-state index in [-0.39, 0.29) is 24.1 Å². The SMILES string of the molecule is C=C(C)/C=C/OC.Cc1cc(N)no1.Cc1cc(N2C=CC(=O)CC2c2c(F)cc(F)cc2F)no1.O=Cc1c(F)cc(F)cc1F. The highest BCUT2D eigenvalue weighted by atomic mass is 19.2. The van der Waals surface area contributed by atoms with E-state index in [9.17, 15) is 35.9 Å². The van der Waals surface area contributed by atoms with Crippen LogP contribution in [0.1, 0.15) is 46.8 Å². The Morgan fingerprint density at radius 3 is 1.85 bits per heavy atom. The van der Waals surface area contributed by atoms with Gasteiger partial charge in [-0.05, 0) is 32.9 Å². The molecule has 0 saturated carbocycles. The number of nitrogen functional groups attached to an aromatic ring is 1. The van der Waals surface area contributed by atoms with Gasteiger partial charge in [0.15, 0.2) is 23.7 Å². The monoisotopic (exact) mass is 664 g/mol. The highest BCUT2D eigenvalue weighted by molar-refractivity contribution is 5.92. The molecule has 0 fully saturated rings. The van der Waals surface area contributed by atoms with Gasteiger partial charge in [0.1, 0.15) is 46.4 Å². The second-order valence-corrected chi connectivity index (χ2v) is 9.64. The van der Waals surface area contributed by atoms with E-state index in [4.69, 9.17) is 10.3 Å². The number of benzene rings is 2. The summed E-state index contributed by atoms with van der Waals surface area (Å²) in [6, 6.07) is 4.37. The predicted molar refractivity (Wildman–Crippen MR) is 160 cm³/mol. The Morgan fingerprint density at radius 2 is 1.47 bits per heavy atom. The maximum absolute atomic E-state index is 14.0. The van der Waals surface area contributed by atoms with E-state index in [1.165, 1.54) is 17.2 Å². The van der Waals surface area contributed by atoms with Crippen LogP contribution >= 0.6 is 0 Å². The normalized spacial score (nSPS) is 13.5. The van der Waals surface area contributed by atoms with Gasteiger partial charge in [-0.3, -0.25) is 9.59 Å². The van der Waals surface area contributed by atoms with Gasteiger partial charge in [-0.2, -0.15) is 0 Å². The molecule has 0 radical (unpaired) electrons. The second-order valence-electron chi connectivity index (χ2n) is 9.64. The third-order valence-electron chi connectivity index (χ3n) is 5.70. The maximum Gasteiger partial charge on any atom is 0.176 e. The van der Waals surface area contributed by atoms with Crippen LogP contribution in [-0.2, 0) is 9.53 Å². The lowest BCUT2D eigenvalue weighted by Gasteiger charge is -2.31. The summed E-state index contributed by atoms with van der Waals surface area (Å²) in [6.45, 7) is 9.00. The number of ether oxygens (including phenoxy) is 1. The number of hydrogen-bond acceptors (Lipinski definition) is 9. The fraction of sp³-hybridized carbons (Fsp3) is 0.188. The fourth-order valence-corrected chi connectivity index (χ4v) is 3.68. The van der Waals surface area contributed by atoms with Crippen molar-refractivity contribution in [2.45, 2.75) is 33.2 Å². The van der Waals surface area contributed by atoms with Gasteiger partial charge in [-0.1, -0.05) is 22.5 Å². The molecule has 1 unspecified atom stereocenters. The van der Waals surface area contributed by atoms with Gasteiger partial charge >= 0.3 is 0 Å². The van der Waals surface area contributed by atoms with Crippen LogP contribution in [0.3, 0.4) is 0 Å². The van der Waals surface area contributed by atoms with E-state index < -0.39 is 46.5 Å². The minimum Gasteiger partial charge on any atom is -0.504 e. The smallest absolute Gasteiger partial charge is 0.176 e. The molecule has 0 bridgehead atoms. The number of methoxy groups -OCH3 is 1. The maximum atomic E-state index is 14.0. The molecule has 1 aliphatic rings. The van der Waals surface area contributed by atoms with Crippen LogP contribution in [0.25, 0.3) is 0 Å². The van der Waals surface area contributed by atoms with Crippen LogP contribution in [0.15, 0.2) is 82.2 Å². The first-order chi connectivity index (χ1) is 22.2. The highest BCUT2D eigenvalue weighted by Crippen LogP contribution is 2.35. The summed E-state index contributed by atoms with van der Waals surface area (Å²) in [6.07, 6.45) is 5.93. The summed E-state index contributed by atoms with van der Waals surface area (Å²) in [5.74, 6) is -4.78. The average Bonchev–Trinajstić information content (AvgIpc) is 3.58. The summed E-state index contributed by atoms with van der Waals surface area (Å²) < 4.78 is 92.2. The first kappa shape index (κ1) is 37.6. The molecule has 0 aliphatic carbocycles. The number of aryl methyl sites for hydroxylation is 2. The molecule has 2 aromatic heterocycles. The van der Waals surface area contributed by atoms with E-state index in [0.717, 1.165) is 11.3 Å². The molecule has 5 rings (SSSR count). The molecule has 1 atom stereocenters. The number of allylic oxidation sites excluding steroid dienone is 3. The van der Waals surface area contributed by atoms with Gasteiger partial charge in [-0.15, -0.1) is 0 Å². The molecule has 0 spiro atoms. The molecule has 9 nitrogen and oxygen atoms in total. The molecule has 0 saturated heterocycles. The number of halogens is 6. The molecule has 3 heterocycles. The van der Waals surface area contributed by atoms with Crippen molar-refractivity contribution in [3.8, 4) is 0 Å². The first-order valence-corrected chi connectivity index (χ1v) is 13.4. The van der Waals surface area contributed by atoms with Crippen molar-refractivity contribution in [2.24, 2.45) is 0 Å². The molecule has 15 heteroatoms. The van der Waals surface area contributed by atoms with Crippen LogP contribution in [0.2, 0.25) is 0 Å². The predicted octanol–water partition coefficient (Wildman–Crippen LogP) is 7.64. The van der Waals surface area contributed by atoms with Crippen LogP contribution < -0.4 is 10.6 Å². The van der Waals surface area contributed by atoms with Gasteiger partial charge in [0, 0.05) is 54.6 Å². The zero-order chi connectivity index (χ0) is 35.3. The molecular weight excluding hydrogens is 634 g/mol. The topological polar surface area (TPSA) is 125 Å². The lowest BCUT2D eigenvalue weighted by molar-refractivity contribution is -0.115. The summed E-state index contributed by atoms with van der Waals surface area (Å²) in [7, 11) is 1.61. The number of carbonyl (C=O) groups is 2. The van der Waals surface area contributed by atoms with Gasteiger partial charge < -0.3 is 24.4 Å². The number of nitrogens with two attached hydrogens (primary N) is 1. The second kappa shape index (κ2) is 17.8. The van der Waals surface area contributed by atoms with E-state index in [1.54, 1.807) is 45.4 Å². The number of hydrogen-bond donors (Lipinski definition) is 1. The van der Waals surface area contributed by atoms with E-state index in [0.29, 0.717) is 41.7 Å². The summed E-state index contributed by atoms with van der Waals surface area (Å²) in [4.78, 5) is 23.0. The minimum absolute atomic E-state index is 0.00407. The Hall–Kier alpha value is -5.60. The van der Waals surface area contributed by atoms with Gasteiger partial charge in [0.2, 0.25) is 0 Å². The van der Waals surface area contributed by atoms with Crippen LogP contribution in [-0.4, -0.2) is 29.5 Å². The van der Waals surface area contributed by atoms with Crippen molar-refractivity contribution in [2.75, 3.05) is 17.7 Å².